The minimum Gasteiger partial charge on any atom is -0.314 e. The molecule has 0 amide bonds. The van der Waals surface area contributed by atoms with E-state index in [2.05, 4.69) is 91.6 Å². The van der Waals surface area contributed by atoms with Crippen LogP contribution in [0.4, 0.5) is 11.4 Å². The second-order valence-electron chi connectivity index (χ2n) is 10.4. The number of ketones is 2. The summed E-state index contributed by atoms with van der Waals surface area (Å²) in [6.45, 7) is 4.54. The lowest BCUT2D eigenvalue weighted by atomic mass is 9.82. The number of carbonyl (C=O) groups is 2. The van der Waals surface area contributed by atoms with Crippen LogP contribution in [0.1, 0.15) is 62.7 Å². The van der Waals surface area contributed by atoms with Crippen LogP contribution >= 0.6 is 22.7 Å². The van der Waals surface area contributed by atoms with Crippen molar-refractivity contribution in [3.8, 4) is 10.4 Å². The molecular weight excluding hydrogens is 507 g/mol. The smallest absolute Gasteiger partial charge is 0.207 e. The highest BCUT2D eigenvalue weighted by molar-refractivity contribution is 7.17. The fraction of sp³-hybridized carbons (Fsp3) is 0.152. The van der Waals surface area contributed by atoms with Gasteiger partial charge in [-0.1, -0.05) is 50.3 Å². The van der Waals surface area contributed by atoms with Gasteiger partial charge in [-0.15, -0.1) is 22.7 Å². The average molecular weight is 532 g/mol. The zero-order valence-corrected chi connectivity index (χ0v) is 22.8. The maximum Gasteiger partial charge on any atom is 0.207 e. The average Bonchev–Trinajstić information content (AvgIpc) is 3.68. The van der Waals surface area contributed by atoms with Crippen LogP contribution in [0.3, 0.4) is 0 Å². The zero-order valence-electron chi connectivity index (χ0n) is 21.2. The van der Waals surface area contributed by atoms with Crippen LogP contribution in [0.25, 0.3) is 16.5 Å². The van der Waals surface area contributed by atoms with Gasteiger partial charge in [-0.2, -0.15) is 0 Å². The maximum atomic E-state index is 12.8. The van der Waals surface area contributed by atoms with Crippen molar-refractivity contribution < 1.29 is 9.59 Å². The van der Waals surface area contributed by atoms with Crippen molar-refractivity contribution in [1.29, 1.82) is 0 Å². The first-order chi connectivity index (χ1) is 18.4. The van der Waals surface area contributed by atoms with E-state index in [0.29, 0.717) is 10.4 Å². The summed E-state index contributed by atoms with van der Waals surface area (Å²) in [4.78, 5) is 30.8. The van der Waals surface area contributed by atoms with Crippen LogP contribution in [0, 0.1) is 0 Å². The minimum absolute atomic E-state index is 0.147. The Kier molecular flexibility index (Phi) is 5.29. The Hall–Kier alpha value is -3.80. The van der Waals surface area contributed by atoms with E-state index in [1.54, 1.807) is 23.5 Å². The molecule has 0 aliphatic heterocycles. The van der Waals surface area contributed by atoms with E-state index >= 15 is 0 Å². The topological polar surface area (TPSA) is 37.4 Å². The monoisotopic (exact) mass is 531 g/mol. The molecule has 0 saturated carbocycles. The molecule has 0 saturated heterocycles. The molecule has 2 aromatic heterocycles. The number of para-hydroxylation sites is 1. The minimum atomic E-state index is -0.195. The molecule has 3 aliphatic rings. The van der Waals surface area contributed by atoms with Gasteiger partial charge >= 0.3 is 0 Å². The van der Waals surface area contributed by atoms with Gasteiger partial charge < -0.3 is 4.90 Å². The Labute approximate surface area is 230 Å². The van der Waals surface area contributed by atoms with Crippen LogP contribution in [0.5, 0.6) is 0 Å². The van der Waals surface area contributed by atoms with Crippen molar-refractivity contribution in [2.75, 3.05) is 4.90 Å². The van der Waals surface area contributed by atoms with Crippen molar-refractivity contribution in [2.45, 2.75) is 32.1 Å². The molecule has 2 aromatic carbocycles. The molecule has 186 valence electrons. The number of benzene rings is 2. The van der Waals surface area contributed by atoms with E-state index in [1.807, 2.05) is 5.38 Å². The van der Waals surface area contributed by atoms with Gasteiger partial charge in [0.1, 0.15) is 0 Å². The molecule has 3 nitrogen and oxygen atoms in total. The van der Waals surface area contributed by atoms with E-state index in [-0.39, 0.29) is 22.6 Å². The molecule has 0 N–H and O–H groups in total. The summed E-state index contributed by atoms with van der Waals surface area (Å²) in [5.41, 5.74) is 8.03. The number of anilines is 2. The van der Waals surface area contributed by atoms with Crippen LogP contribution in [0.15, 0.2) is 95.5 Å². The van der Waals surface area contributed by atoms with Gasteiger partial charge in [-0.25, -0.2) is 0 Å². The van der Waals surface area contributed by atoms with Gasteiger partial charge in [0, 0.05) is 37.8 Å². The second-order valence-corrected chi connectivity index (χ2v) is 12.4. The predicted octanol–water partition coefficient (Wildman–Crippen LogP) is 8.95. The summed E-state index contributed by atoms with van der Waals surface area (Å²) in [5.74, 6) is -0.303. The molecular formula is C33H25NO2S2. The van der Waals surface area contributed by atoms with Crippen molar-refractivity contribution >= 4 is 51.7 Å². The normalized spacial score (nSPS) is 17.9. The molecule has 7 rings (SSSR count). The van der Waals surface area contributed by atoms with E-state index in [9.17, 15) is 9.59 Å². The number of carbonyl (C=O) groups excluding carboxylic acids is 2. The molecule has 4 aromatic rings. The Morgan fingerprint density at radius 2 is 1.71 bits per heavy atom. The number of thiophene rings is 2. The summed E-state index contributed by atoms with van der Waals surface area (Å²) in [6.07, 6.45) is 10.4. The van der Waals surface area contributed by atoms with Crippen LogP contribution < -0.4 is 4.90 Å². The highest BCUT2D eigenvalue weighted by atomic mass is 32.1. The first kappa shape index (κ1) is 23.3. The van der Waals surface area contributed by atoms with Gasteiger partial charge in [0.15, 0.2) is 5.78 Å². The third-order valence-corrected chi connectivity index (χ3v) is 9.82. The highest BCUT2D eigenvalue weighted by Crippen LogP contribution is 2.54. The number of hydrogen-bond acceptors (Lipinski definition) is 5. The molecule has 3 aliphatic carbocycles. The van der Waals surface area contributed by atoms with Crippen molar-refractivity contribution in [3.63, 3.8) is 0 Å². The number of fused-ring (bicyclic) bond motifs is 4. The number of hydrogen-bond donors (Lipinski definition) is 0. The van der Waals surface area contributed by atoms with E-state index in [1.165, 1.54) is 38.6 Å². The van der Waals surface area contributed by atoms with Crippen molar-refractivity contribution in [2.24, 2.45) is 0 Å². The number of allylic oxidation sites excluding steroid dienone is 5. The third-order valence-electron chi connectivity index (χ3n) is 7.79. The Bertz CT molecular complexity index is 1700. The van der Waals surface area contributed by atoms with Gasteiger partial charge in [0.25, 0.3) is 0 Å². The second kappa shape index (κ2) is 8.62. The molecule has 0 radical (unpaired) electrons. The Morgan fingerprint density at radius 1 is 0.868 bits per heavy atom. The van der Waals surface area contributed by atoms with Crippen LogP contribution in [0.2, 0.25) is 0 Å². The lowest BCUT2D eigenvalue weighted by molar-refractivity contribution is 0.0991. The van der Waals surface area contributed by atoms with E-state index in [4.69, 9.17) is 0 Å². The lowest BCUT2D eigenvalue weighted by Gasteiger charge is -2.30. The Morgan fingerprint density at radius 3 is 2.47 bits per heavy atom. The molecule has 0 atom stereocenters. The van der Waals surface area contributed by atoms with Gasteiger partial charge in [-0.3, -0.25) is 9.59 Å². The van der Waals surface area contributed by atoms with Crippen LogP contribution in [-0.4, -0.2) is 11.6 Å². The first-order valence-electron chi connectivity index (χ1n) is 12.8. The molecule has 2 heterocycles. The number of Topliss-reactive ketones (excluding diaryl/α,β-unsaturated/α-hetero) is 2. The van der Waals surface area contributed by atoms with Crippen molar-refractivity contribution in [3.05, 3.63) is 122 Å². The number of rotatable bonds is 4. The van der Waals surface area contributed by atoms with Crippen LogP contribution in [-0.2, 0) is 5.41 Å². The summed E-state index contributed by atoms with van der Waals surface area (Å²) < 4.78 is 0. The summed E-state index contributed by atoms with van der Waals surface area (Å²) >= 11 is 3.01. The van der Waals surface area contributed by atoms with Gasteiger partial charge in [0.2, 0.25) is 5.78 Å². The quantitative estimate of drug-likeness (QED) is 0.195. The molecule has 38 heavy (non-hydrogen) atoms. The Balaban J connectivity index is 1.29. The summed E-state index contributed by atoms with van der Waals surface area (Å²) in [7, 11) is 0. The summed E-state index contributed by atoms with van der Waals surface area (Å²) in [6, 6.07) is 21.3. The lowest BCUT2D eigenvalue weighted by Crippen LogP contribution is -2.19. The van der Waals surface area contributed by atoms with Gasteiger partial charge in [0.05, 0.1) is 10.5 Å². The molecule has 0 spiro atoms. The molecule has 0 fully saturated rings. The third kappa shape index (κ3) is 3.46. The SMILES string of the molecule is CC1(C)c2cc(N(C3=CC=CCC3)c3ccccc3)ccc2-c2sc(/C=C3\C(=O)c4ccsc4C3=O)cc21. The predicted molar refractivity (Wildman–Crippen MR) is 158 cm³/mol. The number of nitrogens with zero attached hydrogens (tertiary/aromatic N) is 1. The zero-order chi connectivity index (χ0) is 26.0. The fourth-order valence-corrected chi connectivity index (χ4v) is 7.96. The molecule has 5 heteroatoms. The van der Waals surface area contributed by atoms with Crippen molar-refractivity contribution in [1.82, 2.24) is 0 Å². The van der Waals surface area contributed by atoms with E-state index in [0.717, 1.165) is 29.1 Å². The maximum absolute atomic E-state index is 12.8. The van der Waals surface area contributed by atoms with Gasteiger partial charge in [-0.05, 0) is 83.5 Å². The van der Waals surface area contributed by atoms with E-state index < -0.39 is 0 Å². The summed E-state index contributed by atoms with van der Waals surface area (Å²) in [5, 5.41) is 1.81. The molecule has 0 bridgehead atoms. The largest absolute Gasteiger partial charge is 0.314 e. The standard InChI is InChI=1S/C33H25NO2S2/c1-33(2)27-17-22(34(20-9-5-3-6-10-20)21-11-7-4-8-12-21)13-14-24(27)31-28(33)19-23(38-31)18-26-29(35)25-15-16-37-32(25)30(26)36/h3-7,9-11,13-19H,8,12H2,1-2H3/b26-18+. The molecule has 0 unspecified atom stereocenters. The fourth-order valence-electron chi connectivity index (χ4n) is 5.82. The first-order valence-corrected chi connectivity index (χ1v) is 14.5. The highest BCUT2D eigenvalue weighted by Gasteiger charge is 2.39.